The maximum atomic E-state index is 10.7. The van der Waals surface area contributed by atoms with Gasteiger partial charge in [0.25, 0.3) is 5.91 Å². The molecule has 0 bridgehead atoms. The second kappa shape index (κ2) is 4.78. The minimum atomic E-state index is -0.544. The van der Waals surface area contributed by atoms with E-state index in [-0.39, 0.29) is 5.69 Å². The molecule has 0 radical (unpaired) electrons. The van der Waals surface area contributed by atoms with Crippen LogP contribution in [0.5, 0.6) is 0 Å². The minimum Gasteiger partial charge on any atom is -0.364 e. The number of rotatable bonds is 4. The monoisotopic (exact) mass is 198 g/mol. The summed E-state index contributed by atoms with van der Waals surface area (Å²) >= 11 is 1.40. The summed E-state index contributed by atoms with van der Waals surface area (Å²) in [5.41, 5.74) is 10.6. The van der Waals surface area contributed by atoms with E-state index < -0.39 is 5.91 Å². The fraction of sp³-hybridized carbons (Fsp3) is 0.286. The van der Waals surface area contributed by atoms with Crippen LogP contribution in [0, 0.1) is 0 Å². The highest BCUT2D eigenvalue weighted by Gasteiger charge is 2.03. The molecule has 5 nitrogen and oxygen atoms in total. The third-order valence-corrected chi connectivity index (χ3v) is 2.13. The number of primary amides is 1. The van der Waals surface area contributed by atoms with Crippen LogP contribution in [0.15, 0.2) is 17.4 Å². The van der Waals surface area contributed by atoms with Gasteiger partial charge in [-0.1, -0.05) is 11.8 Å². The van der Waals surface area contributed by atoms with Gasteiger partial charge in [0.1, 0.15) is 5.69 Å². The van der Waals surface area contributed by atoms with Crippen molar-refractivity contribution >= 4 is 17.7 Å². The molecule has 1 aromatic rings. The number of aromatic nitrogens is 2. The lowest BCUT2D eigenvalue weighted by molar-refractivity contribution is 0.0994. The summed E-state index contributed by atoms with van der Waals surface area (Å²) in [5.74, 6) is 0.180. The maximum Gasteiger partial charge on any atom is 0.267 e. The molecule has 4 N–H and O–H groups in total. The Balaban J connectivity index is 2.73. The number of hydrogen-bond acceptors (Lipinski definition) is 5. The molecule has 6 heteroatoms. The molecule has 0 spiro atoms. The van der Waals surface area contributed by atoms with Crippen LogP contribution in [0.1, 0.15) is 10.5 Å². The van der Waals surface area contributed by atoms with Crippen LogP contribution in [0.25, 0.3) is 0 Å². The van der Waals surface area contributed by atoms with E-state index in [0.717, 1.165) is 5.75 Å². The third kappa shape index (κ3) is 3.00. The number of carbonyl (C=O) groups is 1. The van der Waals surface area contributed by atoms with Crippen molar-refractivity contribution in [3.8, 4) is 0 Å². The SMILES string of the molecule is NCCSc1nccc(C(N)=O)n1. The molecule has 0 aliphatic heterocycles. The predicted octanol–water partition coefficient (Wildman–Crippen LogP) is -0.374. The average Bonchev–Trinajstić information content (AvgIpc) is 2.15. The van der Waals surface area contributed by atoms with Crippen LogP contribution in [0.4, 0.5) is 0 Å². The molecule has 0 fully saturated rings. The molecule has 0 aromatic carbocycles. The number of thioether (sulfide) groups is 1. The highest BCUT2D eigenvalue weighted by Crippen LogP contribution is 2.10. The van der Waals surface area contributed by atoms with E-state index in [9.17, 15) is 4.79 Å². The van der Waals surface area contributed by atoms with E-state index in [4.69, 9.17) is 11.5 Å². The summed E-state index contributed by atoms with van der Waals surface area (Å²) in [6, 6.07) is 1.48. The van der Waals surface area contributed by atoms with Crippen LogP contribution in [0.2, 0.25) is 0 Å². The zero-order valence-electron chi connectivity index (χ0n) is 6.93. The number of hydrogen-bond donors (Lipinski definition) is 2. The van der Waals surface area contributed by atoms with Crippen LogP contribution in [-0.4, -0.2) is 28.2 Å². The standard InChI is InChI=1S/C7H10N4OS/c8-2-4-13-7-10-3-1-5(11-7)6(9)12/h1,3H,2,4,8H2,(H2,9,12). The second-order valence-electron chi connectivity index (χ2n) is 2.23. The van der Waals surface area contributed by atoms with Crippen molar-refractivity contribution in [1.29, 1.82) is 0 Å². The Kier molecular flexibility index (Phi) is 3.66. The molecular formula is C7H10N4OS. The van der Waals surface area contributed by atoms with Crippen LogP contribution in [-0.2, 0) is 0 Å². The molecular weight excluding hydrogens is 188 g/mol. The lowest BCUT2D eigenvalue weighted by atomic mass is 10.4. The van der Waals surface area contributed by atoms with Gasteiger partial charge in [0.2, 0.25) is 0 Å². The first-order valence-electron chi connectivity index (χ1n) is 3.69. The van der Waals surface area contributed by atoms with Gasteiger partial charge in [-0.15, -0.1) is 0 Å². The average molecular weight is 198 g/mol. The molecule has 13 heavy (non-hydrogen) atoms. The lowest BCUT2D eigenvalue weighted by Crippen LogP contribution is -2.13. The fourth-order valence-corrected chi connectivity index (χ4v) is 1.30. The summed E-state index contributed by atoms with van der Waals surface area (Å²) in [5, 5.41) is 0.529. The van der Waals surface area contributed by atoms with Crippen molar-refractivity contribution < 1.29 is 4.79 Å². The first-order chi connectivity index (χ1) is 6.24. The molecule has 1 heterocycles. The summed E-state index contributed by atoms with van der Waals surface area (Å²) in [6.45, 7) is 0.550. The van der Waals surface area contributed by atoms with Gasteiger partial charge in [-0.05, 0) is 6.07 Å². The maximum absolute atomic E-state index is 10.7. The quantitative estimate of drug-likeness (QED) is 0.508. The second-order valence-corrected chi connectivity index (χ2v) is 3.29. The smallest absolute Gasteiger partial charge is 0.267 e. The molecule has 0 aliphatic rings. The molecule has 0 atom stereocenters. The zero-order chi connectivity index (χ0) is 9.68. The number of carbonyl (C=O) groups excluding carboxylic acids is 1. The third-order valence-electron chi connectivity index (χ3n) is 1.23. The first-order valence-corrected chi connectivity index (χ1v) is 4.68. The minimum absolute atomic E-state index is 0.231. The summed E-state index contributed by atoms with van der Waals surface area (Å²) in [7, 11) is 0. The van der Waals surface area contributed by atoms with Gasteiger partial charge in [0.05, 0.1) is 0 Å². The molecule has 0 unspecified atom stereocenters. The van der Waals surface area contributed by atoms with Crippen molar-refractivity contribution in [2.24, 2.45) is 11.5 Å². The molecule has 1 aromatic heterocycles. The van der Waals surface area contributed by atoms with Gasteiger partial charge in [0, 0.05) is 18.5 Å². The van der Waals surface area contributed by atoms with Crippen molar-refractivity contribution in [2.45, 2.75) is 5.16 Å². The molecule has 1 rings (SSSR count). The Hall–Kier alpha value is -1.14. The number of nitrogens with two attached hydrogens (primary N) is 2. The van der Waals surface area contributed by atoms with Crippen molar-refractivity contribution in [1.82, 2.24) is 9.97 Å². The highest BCUT2D eigenvalue weighted by molar-refractivity contribution is 7.99. The van der Waals surface area contributed by atoms with E-state index in [2.05, 4.69) is 9.97 Å². The normalized spacial score (nSPS) is 9.92. The van der Waals surface area contributed by atoms with Gasteiger partial charge in [-0.2, -0.15) is 0 Å². The Morgan fingerprint density at radius 2 is 2.38 bits per heavy atom. The molecule has 1 amide bonds. The van der Waals surface area contributed by atoms with Gasteiger partial charge in [-0.3, -0.25) is 4.79 Å². The Labute approximate surface area is 79.9 Å². The van der Waals surface area contributed by atoms with E-state index in [1.54, 1.807) is 0 Å². The van der Waals surface area contributed by atoms with Crippen molar-refractivity contribution in [2.75, 3.05) is 12.3 Å². The predicted molar refractivity (Wildman–Crippen MR) is 50.3 cm³/mol. The van der Waals surface area contributed by atoms with Crippen LogP contribution < -0.4 is 11.5 Å². The molecule has 70 valence electrons. The van der Waals surface area contributed by atoms with Crippen LogP contribution in [0.3, 0.4) is 0 Å². The largest absolute Gasteiger partial charge is 0.364 e. The number of nitrogens with zero attached hydrogens (tertiary/aromatic N) is 2. The van der Waals surface area contributed by atoms with Crippen molar-refractivity contribution in [3.63, 3.8) is 0 Å². The van der Waals surface area contributed by atoms with Crippen molar-refractivity contribution in [3.05, 3.63) is 18.0 Å². The topological polar surface area (TPSA) is 94.9 Å². The van der Waals surface area contributed by atoms with E-state index in [0.29, 0.717) is 11.7 Å². The van der Waals surface area contributed by atoms with Gasteiger partial charge < -0.3 is 11.5 Å². The summed E-state index contributed by atoms with van der Waals surface area (Å²) < 4.78 is 0. The highest BCUT2D eigenvalue weighted by atomic mass is 32.2. The Morgan fingerprint density at radius 1 is 1.62 bits per heavy atom. The zero-order valence-corrected chi connectivity index (χ0v) is 7.75. The Morgan fingerprint density at radius 3 is 3.00 bits per heavy atom. The van der Waals surface area contributed by atoms with E-state index >= 15 is 0 Å². The van der Waals surface area contributed by atoms with Gasteiger partial charge in [0.15, 0.2) is 5.16 Å². The Bertz CT molecular complexity index is 304. The number of amides is 1. The summed E-state index contributed by atoms with van der Waals surface area (Å²) in [6.07, 6.45) is 1.51. The van der Waals surface area contributed by atoms with Crippen LogP contribution >= 0.6 is 11.8 Å². The molecule has 0 saturated carbocycles. The molecule has 0 saturated heterocycles. The van der Waals surface area contributed by atoms with E-state index in [1.165, 1.54) is 24.0 Å². The fourth-order valence-electron chi connectivity index (χ4n) is 0.698. The van der Waals surface area contributed by atoms with Gasteiger partial charge >= 0.3 is 0 Å². The van der Waals surface area contributed by atoms with E-state index in [1.807, 2.05) is 0 Å². The molecule has 0 aliphatic carbocycles. The van der Waals surface area contributed by atoms with Gasteiger partial charge in [-0.25, -0.2) is 9.97 Å². The first kappa shape index (κ1) is 9.94. The lowest BCUT2D eigenvalue weighted by Gasteiger charge is -1.98. The summed E-state index contributed by atoms with van der Waals surface area (Å²) in [4.78, 5) is 18.6.